The second-order valence-electron chi connectivity index (χ2n) is 4.34. The van der Waals surface area contributed by atoms with E-state index >= 15 is 0 Å². The molecule has 0 fully saturated rings. The van der Waals surface area contributed by atoms with Crippen LogP contribution < -0.4 is 0 Å². The van der Waals surface area contributed by atoms with Gasteiger partial charge in [0.25, 0.3) is 0 Å². The van der Waals surface area contributed by atoms with E-state index in [1.54, 1.807) is 24.8 Å². The zero-order valence-corrected chi connectivity index (χ0v) is 12.6. The maximum atomic E-state index is 13.4. The standard InChI is InChI=1S/C13H10FN3O2S2/c1-7-12(21-17-15-7)13(18)19-16-10-4-5-20-11-3-2-8(14)6-9(10)11/h2-3,6H,4-5H2,1H3/b16-10+. The molecule has 3 rings (SSSR count). The largest absolute Gasteiger partial charge is 0.379 e. The number of aryl methyl sites for hydroxylation is 1. The Bertz CT molecular complexity index is 730. The highest BCUT2D eigenvalue weighted by Gasteiger charge is 2.19. The molecule has 0 saturated heterocycles. The summed E-state index contributed by atoms with van der Waals surface area (Å²) in [5.74, 6) is -0.111. The molecule has 8 heteroatoms. The van der Waals surface area contributed by atoms with Gasteiger partial charge in [0.2, 0.25) is 0 Å². The van der Waals surface area contributed by atoms with Gasteiger partial charge in [-0.3, -0.25) is 0 Å². The Kier molecular flexibility index (Phi) is 3.98. The zero-order chi connectivity index (χ0) is 14.8. The summed E-state index contributed by atoms with van der Waals surface area (Å²) in [7, 11) is 0. The fourth-order valence-corrected chi connectivity index (χ4v) is 3.44. The van der Waals surface area contributed by atoms with Gasteiger partial charge in [-0.15, -0.1) is 16.9 Å². The van der Waals surface area contributed by atoms with Gasteiger partial charge in [-0.25, -0.2) is 9.18 Å². The van der Waals surface area contributed by atoms with Crippen molar-refractivity contribution in [1.82, 2.24) is 9.59 Å². The molecule has 21 heavy (non-hydrogen) atoms. The van der Waals surface area contributed by atoms with E-state index in [1.165, 1.54) is 12.1 Å². The summed E-state index contributed by atoms with van der Waals surface area (Å²) in [5, 5.41) is 7.65. The number of carbonyl (C=O) groups is 1. The minimum absolute atomic E-state index is 0.323. The molecule has 0 N–H and O–H groups in total. The van der Waals surface area contributed by atoms with E-state index in [0.29, 0.717) is 28.3 Å². The summed E-state index contributed by atoms with van der Waals surface area (Å²) in [5.41, 5.74) is 1.76. The number of fused-ring (bicyclic) bond motifs is 1. The average molecular weight is 323 g/mol. The van der Waals surface area contributed by atoms with Gasteiger partial charge in [0.05, 0.1) is 11.4 Å². The Morgan fingerprint density at radius 3 is 3.10 bits per heavy atom. The van der Waals surface area contributed by atoms with E-state index in [9.17, 15) is 9.18 Å². The van der Waals surface area contributed by atoms with Crippen molar-refractivity contribution in [2.75, 3.05) is 5.75 Å². The lowest BCUT2D eigenvalue weighted by Gasteiger charge is -2.16. The van der Waals surface area contributed by atoms with Crippen molar-refractivity contribution >= 4 is 35.0 Å². The van der Waals surface area contributed by atoms with Gasteiger partial charge in [0.1, 0.15) is 5.82 Å². The monoisotopic (exact) mass is 323 g/mol. The molecule has 1 aromatic carbocycles. The number of hydrogen-bond donors (Lipinski definition) is 0. The molecule has 1 aromatic heterocycles. The van der Waals surface area contributed by atoms with Gasteiger partial charge >= 0.3 is 5.97 Å². The van der Waals surface area contributed by atoms with Crippen LogP contribution in [0.2, 0.25) is 0 Å². The second-order valence-corrected chi connectivity index (χ2v) is 6.23. The molecule has 0 atom stereocenters. The van der Waals surface area contributed by atoms with E-state index in [0.717, 1.165) is 22.2 Å². The summed E-state index contributed by atoms with van der Waals surface area (Å²) in [6.45, 7) is 1.68. The fourth-order valence-electron chi connectivity index (χ4n) is 1.90. The van der Waals surface area contributed by atoms with Crippen molar-refractivity contribution in [3.63, 3.8) is 0 Å². The van der Waals surface area contributed by atoms with E-state index in [4.69, 9.17) is 4.84 Å². The zero-order valence-electron chi connectivity index (χ0n) is 11.0. The first kappa shape index (κ1) is 14.2. The van der Waals surface area contributed by atoms with Crippen LogP contribution in [-0.4, -0.2) is 27.0 Å². The Morgan fingerprint density at radius 1 is 1.48 bits per heavy atom. The normalized spacial score (nSPS) is 15.8. The van der Waals surface area contributed by atoms with E-state index in [1.807, 2.05) is 0 Å². The number of nitrogens with zero attached hydrogens (tertiary/aromatic N) is 3. The van der Waals surface area contributed by atoms with Crippen LogP contribution in [-0.2, 0) is 4.84 Å². The molecule has 0 amide bonds. The third-order valence-corrected chi connectivity index (χ3v) is 4.81. The van der Waals surface area contributed by atoms with E-state index in [-0.39, 0.29) is 5.82 Å². The van der Waals surface area contributed by atoms with Crippen molar-refractivity contribution in [2.45, 2.75) is 18.2 Å². The highest BCUT2D eigenvalue weighted by atomic mass is 32.2. The second kappa shape index (κ2) is 5.90. The predicted molar refractivity (Wildman–Crippen MR) is 78.3 cm³/mol. The third-order valence-electron chi connectivity index (χ3n) is 2.92. The summed E-state index contributed by atoms with van der Waals surface area (Å²) in [4.78, 5) is 18.1. The minimum atomic E-state index is -0.592. The first-order valence-electron chi connectivity index (χ1n) is 6.15. The number of hydrogen-bond acceptors (Lipinski definition) is 7. The van der Waals surface area contributed by atoms with Gasteiger partial charge in [0, 0.05) is 22.6 Å². The molecule has 0 aliphatic carbocycles. The summed E-state index contributed by atoms with van der Waals surface area (Å²) in [6, 6.07) is 4.53. The van der Waals surface area contributed by atoms with Crippen LogP contribution in [0.15, 0.2) is 28.3 Å². The van der Waals surface area contributed by atoms with Crippen molar-refractivity contribution < 1.29 is 14.0 Å². The Balaban J connectivity index is 1.84. The molecule has 0 unspecified atom stereocenters. The summed E-state index contributed by atoms with van der Waals surface area (Å²) < 4.78 is 17.0. The molecule has 0 bridgehead atoms. The molecule has 2 heterocycles. The van der Waals surface area contributed by atoms with Crippen LogP contribution in [0.3, 0.4) is 0 Å². The molecule has 1 aliphatic rings. The highest BCUT2D eigenvalue weighted by molar-refractivity contribution is 7.99. The summed E-state index contributed by atoms with van der Waals surface area (Å²) >= 11 is 2.59. The SMILES string of the molecule is Cc1nnsc1C(=O)O/N=C1\CCSc2ccc(F)cc21. The number of benzene rings is 1. The van der Waals surface area contributed by atoms with Crippen LogP contribution in [0, 0.1) is 12.7 Å². The number of halogens is 1. The van der Waals surface area contributed by atoms with Crippen LogP contribution in [0.25, 0.3) is 0 Å². The topological polar surface area (TPSA) is 64.4 Å². The smallest absolute Gasteiger partial charge is 0.311 e. The maximum Gasteiger partial charge on any atom is 0.379 e. The Hall–Kier alpha value is -1.80. The van der Waals surface area contributed by atoms with Gasteiger partial charge in [0.15, 0.2) is 4.88 Å². The lowest BCUT2D eigenvalue weighted by molar-refractivity contribution is 0.0520. The van der Waals surface area contributed by atoms with Crippen LogP contribution in [0.1, 0.15) is 27.3 Å². The average Bonchev–Trinajstić information content (AvgIpc) is 2.91. The number of aromatic nitrogens is 2. The van der Waals surface area contributed by atoms with Crippen molar-refractivity contribution in [2.24, 2.45) is 5.16 Å². The molecule has 0 saturated carbocycles. The maximum absolute atomic E-state index is 13.4. The van der Waals surface area contributed by atoms with Crippen LogP contribution in [0.4, 0.5) is 4.39 Å². The van der Waals surface area contributed by atoms with Gasteiger partial charge in [-0.05, 0) is 36.7 Å². The molecular weight excluding hydrogens is 313 g/mol. The number of thioether (sulfide) groups is 1. The van der Waals surface area contributed by atoms with Crippen LogP contribution in [0.5, 0.6) is 0 Å². The van der Waals surface area contributed by atoms with Crippen molar-refractivity contribution in [3.8, 4) is 0 Å². The highest BCUT2D eigenvalue weighted by Crippen LogP contribution is 2.30. The third kappa shape index (κ3) is 2.96. The fraction of sp³-hybridized carbons (Fsp3) is 0.231. The van der Waals surface area contributed by atoms with E-state index < -0.39 is 5.97 Å². The van der Waals surface area contributed by atoms with Gasteiger partial charge in [-0.2, -0.15) is 0 Å². The van der Waals surface area contributed by atoms with Crippen LogP contribution >= 0.6 is 23.3 Å². The molecule has 5 nitrogen and oxygen atoms in total. The first-order valence-corrected chi connectivity index (χ1v) is 7.91. The van der Waals surface area contributed by atoms with Crippen molar-refractivity contribution in [1.29, 1.82) is 0 Å². The van der Waals surface area contributed by atoms with Gasteiger partial charge < -0.3 is 4.84 Å². The van der Waals surface area contributed by atoms with E-state index in [2.05, 4.69) is 14.7 Å². The predicted octanol–water partition coefficient (Wildman–Crippen LogP) is 3.04. The Labute approximate surface area is 128 Å². The number of carbonyl (C=O) groups excluding carboxylic acids is 1. The molecule has 1 aliphatic heterocycles. The molecule has 108 valence electrons. The number of oxime groups is 1. The first-order chi connectivity index (χ1) is 10.1. The molecular formula is C13H10FN3O2S2. The quantitative estimate of drug-likeness (QED) is 0.628. The lowest BCUT2D eigenvalue weighted by atomic mass is 10.1. The van der Waals surface area contributed by atoms with Gasteiger partial charge in [-0.1, -0.05) is 9.64 Å². The minimum Gasteiger partial charge on any atom is -0.311 e. The molecule has 0 spiro atoms. The van der Waals surface area contributed by atoms with Crippen molar-refractivity contribution in [3.05, 3.63) is 40.2 Å². The summed E-state index contributed by atoms with van der Waals surface area (Å²) in [6.07, 6.45) is 0.619. The lowest BCUT2D eigenvalue weighted by Crippen LogP contribution is -2.12. The molecule has 2 aromatic rings. The molecule has 0 radical (unpaired) electrons. The number of rotatable bonds is 2. The Morgan fingerprint density at radius 2 is 2.33 bits per heavy atom.